The first-order chi connectivity index (χ1) is 4.63. The van der Waals surface area contributed by atoms with E-state index in [1.165, 1.54) is 12.8 Å². The van der Waals surface area contributed by atoms with E-state index in [-0.39, 0.29) is 6.10 Å². The number of aliphatic hydroxyl groups is 1. The van der Waals surface area contributed by atoms with Crippen molar-refractivity contribution in [2.75, 3.05) is 0 Å². The minimum atomic E-state index is -0.0823. The van der Waals surface area contributed by atoms with E-state index in [0.717, 1.165) is 11.8 Å². The van der Waals surface area contributed by atoms with E-state index in [2.05, 4.69) is 13.8 Å². The van der Waals surface area contributed by atoms with Crippen LogP contribution in [0.2, 0.25) is 0 Å². The lowest BCUT2D eigenvalue weighted by molar-refractivity contribution is 0.00329. The fraction of sp³-hybridized carbons (Fsp3) is 1.00. The van der Waals surface area contributed by atoms with E-state index in [9.17, 15) is 5.11 Å². The Balaban J connectivity index is 2.36. The van der Waals surface area contributed by atoms with Gasteiger partial charge in [0.05, 0.1) is 6.10 Å². The van der Waals surface area contributed by atoms with Crippen LogP contribution >= 0.6 is 0 Å². The smallest absolute Gasteiger partial charge is 0.0543 e. The summed E-state index contributed by atoms with van der Waals surface area (Å²) in [5.74, 6) is 2.15. The third-order valence-electron chi connectivity index (χ3n) is 2.86. The van der Waals surface area contributed by atoms with E-state index < -0.39 is 0 Å². The fourth-order valence-corrected chi connectivity index (χ4v) is 1.98. The largest absolute Gasteiger partial charge is 0.393 e. The number of aliphatic hydroxyl groups excluding tert-OH is 1. The Hall–Kier alpha value is -0.0400. The van der Waals surface area contributed by atoms with Gasteiger partial charge in [-0.1, -0.05) is 13.8 Å². The van der Waals surface area contributed by atoms with Crippen LogP contribution in [0.5, 0.6) is 0 Å². The lowest BCUT2D eigenvalue weighted by Crippen LogP contribution is -2.37. The van der Waals surface area contributed by atoms with Gasteiger partial charge < -0.3 is 5.11 Å². The standard InChI is InChI=1S/C9H18O/c1-6(2)8-4-5-9(8)7(3)10/h6-10H,4-5H2,1-3H3. The predicted octanol–water partition coefficient (Wildman–Crippen LogP) is 2.05. The van der Waals surface area contributed by atoms with Gasteiger partial charge in [0, 0.05) is 0 Å². The molecule has 3 atom stereocenters. The summed E-state index contributed by atoms with van der Waals surface area (Å²) in [6.45, 7) is 6.41. The van der Waals surface area contributed by atoms with Gasteiger partial charge in [-0.25, -0.2) is 0 Å². The van der Waals surface area contributed by atoms with Gasteiger partial charge in [-0.3, -0.25) is 0 Å². The normalized spacial score (nSPS) is 35.7. The van der Waals surface area contributed by atoms with Crippen molar-refractivity contribution >= 4 is 0 Å². The maximum absolute atomic E-state index is 9.29. The van der Waals surface area contributed by atoms with Gasteiger partial charge in [0.25, 0.3) is 0 Å². The molecule has 1 fully saturated rings. The number of hydrogen-bond donors (Lipinski definition) is 1. The first kappa shape index (κ1) is 8.06. The monoisotopic (exact) mass is 142 g/mol. The summed E-state index contributed by atoms with van der Waals surface area (Å²) in [5.41, 5.74) is 0. The SMILES string of the molecule is CC(C)C1CCC1C(C)O. The quantitative estimate of drug-likeness (QED) is 0.625. The van der Waals surface area contributed by atoms with Crippen molar-refractivity contribution in [3.63, 3.8) is 0 Å². The maximum Gasteiger partial charge on any atom is 0.0543 e. The molecule has 0 radical (unpaired) electrons. The summed E-state index contributed by atoms with van der Waals surface area (Å²) in [5, 5.41) is 9.29. The Bertz CT molecular complexity index is 93.3. The molecule has 1 aliphatic rings. The second-order valence-corrected chi connectivity index (χ2v) is 3.89. The lowest BCUT2D eigenvalue weighted by atomic mass is 9.66. The topological polar surface area (TPSA) is 20.2 Å². The summed E-state index contributed by atoms with van der Waals surface area (Å²) in [6, 6.07) is 0. The van der Waals surface area contributed by atoms with Crippen LogP contribution in [0.1, 0.15) is 33.6 Å². The molecule has 0 saturated heterocycles. The molecule has 1 saturated carbocycles. The molecular weight excluding hydrogens is 124 g/mol. The minimum Gasteiger partial charge on any atom is -0.393 e. The molecule has 0 spiro atoms. The Morgan fingerprint density at radius 2 is 1.60 bits per heavy atom. The molecule has 0 aliphatic heterocycles. The number of hydrogen-bond acceptors (Lipinski definition) is 1. The third kappa shape index (κ3) is 1.34. The molecule has 3 unspecified atom stereocenters. The summed E-state index contributed by atoms with van der Waals surface area (Å²) in [7, 11) is 0. The van der Waals surface area contributed by atoms with Crippen LogP contribution in [0.15, 0.2) is 0 Å². The van der Waals surface area contributed by atoms with Crippen LogP contribution in [-0.2, 0) is 0 Å². The molecule has 0 heterocycles. The molecule has 1 rings (SSSR count). The lowest BCUT2D eigenvalue weighted by Gasteiger charge is -2.41. The highest BCUT2D eigenvalue weighted by atomic mass is 16.3. The minimum absolute atomic E-state index is 0.0823. The van der Waals surface area contributed by atoms with Crippen LogP contribution in [0, 0.1) is 17.8 Å². The first-order valence-corrected chi connectivity index (χ1v) is 4.31. The summed E-state index contributed by atoms with van der Waals surface area (Å²) >= 11 is 0. The van der Waals surface area contributed by atoms with Gasteiger partial charge in [-0.15, -0.1) is 0 Å². The molecular formula is C9H18O. The van der Waals surface area contributed by atoms with Crippen LogP contribution in [0.25, 0.3) is 0 Å². The molecule has 0 amide bonds. The molecule has 10 heavy (non-hydrogen) atoms. The maximum atomic E-state index is 9.29. The third-order valence-corrected chi connectivity index (χ3v) is 2.86. The molecule has 60 valence electrons. The van der Waals surface area contributed by atoms with Crippen molar-refractivity contribution in [1.29, 1.82) is 0 Å². The highest BCUT2D eigenvalue weighted by Crippen LogP contribution is 2.41. The van der Waals surface area contributed by atoms with Crippen molar-refractivity contribution in [3.05, 3.63) is 0 Å². The summed E-state index contributed by atoms with van der Waals surface area (Å²) in [6.07, 6.45) is 2.48. The van der Waals surface area contributed by atoms with Crippen molar-refractivity contribution in [2.24, 2.45) is 17.8 Å². The van der Waals surface area contributed by atoms with Crippen LogP contribution in [-0.4, -0.2) is 11.2 Å². The zero-order valence-corrected chi connectivity index (χ0v) is 7.17. The average molecular weight is 142 g/mol. The Morgan fingerprint density at radius 1 is 1.10 bits per heavy atom. The second-order valence-electron chi connectivity index (χ2n) is 3.89. The highest BCUT2D eigenvalue weighted by molar-refractivity contribution is 4.85. The van der Waals surface area contributed by atoms with Gasteiger partial charge in [-0.05, 0) is 37.5 Å². The second kappa shape index (κ2) is 2.91. The Kier molecular flexibility index (Phi) is 2.35. The molecule has 0 aromatic rings. The molecule has 0 aromatic heterocycles. The summed E-state index contributed by atoms with van der Waals surface area (Å²) < 4.78 is 0. The Morgan fingerprint density at radius 3 is 1.70 bits per heavy atom. The highest BCUT2D eigenvalue weighted by Gasteiger charge is 2.35. The Labute approximate surface area is 63.4 Å². The molecule has 0 bridgehead atoms. The molecule has 1 N–H and O–H groups in total. The molecule has 1 heteroatoms. The van der Waals surface area contributed by atoms with Gasteiger partial charge in [0.15, 0.2) is 0 Å². The van der Waals surface area contributed by atoms with E-state index in [4.69, 9.17) is 0 Å². The molecule has 1 aliphatic carbocycles. The predicted molar refractivity (Wildman–Crippen MR) is 42.7 cm³/mol. The van der Waals surface area contributed by atoms with E-state index in [0.29, 0.717) is 5.92 Å². The average Bonchev–Trinajstić information content (AvgIpc) is 1.56. The molecule has 1 nitrogen and oxygen atoms in total. The van der Waals surface area contributed by atoms with Gasteiger partial charge in [0.2, 0.25) is 0 Å². The first-order valence-electron chi connectivity index (χ1n) is 4.31. The zero-order chi connectivity index (χ0) is 7.72. The van der Waals surface area contributed by atoms with Crippen molar-refractivity contribution in [2.45, 2.75) is 39.7 Å². The van der Waals surface area contributed by atoms with Crippen LogP contribution < -0.4 is 0 Å². The summed E-state index contributed by atoms with van der Waals surface area (Å²) in [4.78, 5) is 0. The van der Waals surface area contributed by atoms with E-state index >= 15 is 0 Å². The zero-order valence-electron chi connectivity index (χ0n) is 7.17. The van der Waals surface area contributed by atoms with Gasteiger partial charge >= 0.3 is 0 Å². The van der Waals surface area contributed by atoms with Crippen LogP contribution in [0.4, 0.5) is 0 Å². The van der Waals surface area contributed by atoms with E-state index in [1.54, 1.807) is 0 Å². The fourth-order valence-electron chi connectivity index (χ4n) is 1.98. The van der Waals surface area contributed by atoms with E-state index in [1.807, 2.05) is 6.92 Å². The molecule has 0 aromatic carbocycles. The van der Waals surface area contributed by atoms with Gasteiger partial charge in [-0.2, -0.15) is 0 Å². The van der Waals surface area contributed by atoms with Crippen molar-refractivity contribution < 1.29 is 5.11 Å². The number of rotatable bonds is 2. The van der Waals surface area contributed by atoms with Crippen LogP contribution in [0.3, 0.4) is 0 Å². The van der Waals surface area contributed by atoms with Gasteiger partial charge in [0.1, 0.15) is 0 Å². The van der Waals surface area contributed by atoms with Crippen molar-refractivity contribution in [1.82, 2.24) is 0 Å². The van der Waals surface area contributed by atoms with Crippen molar-refractivity contribution in [3.8, 4) is 0 Å².